The Morgan fingerprint density at radius 2 is 1.76 bits per heavy atom. The minimum absolute atomic E-state index is 0.113. The Labute approximate surface area is 172 Å². The molecule has 3 rings (SSSR count). The Morgan fingerprint density at radius 1 is 1.14 bits per heavy atom. The third kappa shape index (κ3) is 4.47. The predicted octanol–water partition coefficient (Wildman–Crippen LogP) is 3.92. The van der Waals surface area contributed by atoms with Crippen LogP contribution in [0.5, 0.6) is 0 Å². The van der Waals surface area contributed by atoms with Gasteiger partial charge in [0.2, 0.25) is 0 Å². The van der Waals surface area contributed by atoms with E-state index in [9.17, 15) is 14.7 Å². The minimum Gasteiger partial charge on any atom is -0.480 e. The van der Waals surface area contributed by atoms with E-state index in [-0.39, 0.29) is 11.9 Å². The number of aromatic nitrogens is 1. The smallest absolute Gasteiger partial charge is 0.327 e. The van der Waals surface area contributed by atoms with E-state index in [1.807, 2.05) is 51.1 Å². The van der Waals surface area contributed by atoms with Crippen molar-refractivity contribution in [3.8, 4) is 0 Å². The highest BCUT2D eigenvalue weighted by Gasteiger charge is 2.36. The van der Waals surface area contributed by atoms with Gasteiger partial charge in [-0.25, -0.2) is 4.79 Å². The van der Waals surface area contributed by atoms with Crippen LogP contribution in [0.25, 0.3) is 10.9 Å². The average molecular weight is 400 g/mol. The van der Waals surface area contributed by atoms with Gasteiger partial charge < -0.3 is 19.9 Å². The second kappa shape index (κ2) is 8.19. The summed E-state index contributed by atoms with van der Waals surface area (Å²) in [4.78, 5) is 27.8. The lowest BCUT2D eigenvalue weighted by atomic mass is 9.86. The summed E-state index contributed by atoms with van der Waals surface area (Å²) in [6.45, 7) is 12.0. The first kappa shape index (κ1) is 21.4. The molecule has 1 fully saturated rings. The van der Waals surface area contributed by atoms with Gasteiger partial charge in [-0.05, 0) is 44.2 Å². The summed E-state index contributed by atoms with van der Waals surface area (Å²) < 4.78 is 1.70. The molecular weight excluding hydrogens is 366 g/mol. The Bertz CT molecular complexity index is 886. The summed E-state index contributed by atoms with van der Waals surface area (Å²) in [6, 6.07) is 9.19. The van der Waals surface area contributed by atoms with E-state index in [0.717, 1.165) is 36.8 Å². The minimum atomic E-state index is -0.932. The van der Waals surface area contributed by atoms with Crippen molar-refractivity contribution in [2.24, 2.45) is 5.41 Å². The highest BCUT2D eigenvalue weighted by atomic mass is 16.4. The van der Waals surface area contributed by atoms with Gasteiger partial charge in [0, 0.05) is 36.1 Å². The van der Waals surface area contributed by atoms with Crippen molar-refractivity contribution >= 4 is 22.8 Å². The van der Waals surface area contributed by atoms with E-state index in [2.05, 4.69) is 24.1 Å². The summed E-state index contributed by atoms with van der Waals surface area (Å²) in [5.41, 5.74) is 0.639. The Hall–Kier alpha value is -2.34. The molecule has 0 radical (unpaired) electrons. The standard InChI is InChI=1S/C23H33N3O3/c1-15(2)25-12-10-17(11-13-25)24-21(27)19-14-16-8-6-7-9-18(16)26(19)20(22(28)29)23(3,4)5/h6-9,14-15,17,20H,10-13H2,1-5H3,(H,24,27)(H,28,29). The first-order valence-electron chi connectivity index (χ1n) is 10.5. The lowest BCUT2D eigenvalue weighted by molar-refractivity contribution is -0.144. The lowest BCUT2D eigenvalue weighted by Crippen LogP contribution is -2.47. The number of carboxylic acids is 1. The predicted molar refractivity (Wildman–Crippen MR) is 115 cm³/mol. The van der Waals surface area contributed by atoms with E-state index in [1.54, 1.807) is 4.57 Å². The van der Waals surface area contributed by atoms with Crippen molar-refractivity contribution in [3.05, 3.63) is 36.0 Å². The topological polar surface area (TPSA) is 74.6 Å². The van der Waals surface area contributed by atoms with Crippen LogP contribution >= 0.6 is 0 Å². The maximum atomic E-state index is 13.2. The van der Waals surface area contributed by atoms with Crippen LogP contribution in [-0.4, -0.2) is 51.6 Å². The molecule has 1 unspecified atom stereocenters. The molecule has 158 valence electrons. The number of piperidine rings is 1. The van der Waals surface area contributed by atoms with Crippen LogP contribution in [-0.2, 0) is 4.79 Å². The SMILES string of the molecule is CC(C)N1CCC(NC(=O)c2cc3ccccc3n2C(C(=O)O)C(C)(C)C)CC1. The van der Waals surface area contributed by atoms with E-state index >= 15 is 0 Å². The van der Waals surface area contributed by atoms with Crippen LogP contribution in [0.4, 0.5) is 0 Å². The van der Waals surface area contributed by atoms with Gasteiger partial charge in [0.15, 0.2) is 0 Å². The third-order valence-electron chi connectivity index (χ3n) is 5.89. The molecule has 1 atom stereocenters. The van der Waals surface area contributed by atoms with E-state index in [0.29, 0.717) is 11.7 Å². The van der Waals surface area contributed by atoms with Crippen molar-refractivity contribution in [2.75, 3.05) is 13.1 Å². The quantitative estimate of drug-likeness (QED) is 0.799. The maximum Gasteiger partial charge on any atom is 0.327 e. The largest absolute Gasteiger partial charge is 0.480 e. The summed E-state index contributed by atoms with van der Waals surface area (Å²) >= 11 is 0. The summed E-state index contributed by atoms with van der Waals surface area (Å²) in [6.07, 6.45) is 1.82. The molecule has 1 amide bonds. The highest BCUT2D eigenvalue weighted by Crippen LogP contribution is 2.36. The fraction of sp³-hybridized carbons (Fsp3) is 0.565. The van der Waals surface area contributed by atoms with Crippen LogP contribution in [0.2, 0.25) is 0 Å². The number of benzene rings is 1. The normalized spacial score (nSPS) is 17.6. The zero-order valence-corrected chi connectivity index (χ0v) is 18.1. The Kier molecular flexibility index (Phi) is 6.03. The van der Waals surface area contributed by atoms with Gasteiger partial charge in [0.05, 0.1) is 0 Å². The van der Waals surface area contributed by atoms with Crippen molar-refractivity contribution in [3.63, 3.8) is 0 Å². The molecule has 2 N–H and O–H groups in total. The molecule has 0 aliphatic carbocycles. The number of para-hydroxylation sites is 1. The number of nitrogens with zero attached hydrogens (tertiary/aromatic N) is 2. The van der Waals surface area contributed by atoms with E-state index < -0.39 is 17.4 Å². The van der Waals surface area contributed by atoms with Crippen molar-refractivity contribution in [1.82, 2.24) is 14.8 Å². The van der Waals surface area contributed by atoms with Crippen LogP contribution in [0, 0.1) is 5.41 Å². The summed E-state index contributed by atoms with van der Waals surface area (Å²) in [5, 5.41) is 14.0. The maximum absolute atomic E-state index is 13.2. The number of carbonyl (C=O) groups is 2. The van der Waals surface area contributed by atoms with E-state index in [4.69, 9.17) is 0 Å². The molecule has 1 aliphatic heterocycles. The van der Waals surface area contributed by atoms with Gasteiger partial charge in [0.25, 0.3) is 5.91 Å². The monoisotopic (exact) mass is 399 g/mol. The fourth-order valence-corrected chi connectivity index (χ4v) is 4.32. The third-order valence-corrected chi connectivity index (χ3v) is 5.89. The number of fused-ring (bicyclic) bond motifs is 1. The molecule has 6 heteroatoms. The number of aliphatic carboxylic acids is 1. The van der Waals surface area contributed by atoms with Crippen molar-refractivity contribution < 1.29 is 14.7 Å². The first-order chi connectivity index (χ1) is 13.6. The number of carboxylic acid groups (broad SMARTS) is 1. The number of rotatable bonds is 5. The molecule has 1 aromatic carbocycles. The molecule has 29 heavy (non-hydrogen) atoms. The molecular formula is C23H33N3O3. The molecule has 0 saturated carbocycles. The molecule has 2 heterocycles. The number of hydrogen-bond acceptors (Lipinski definition) is 3. The number of likely N-dealkylation sites (tertiary alicyclic amines) is 1. The number of amides is 1. The van der Waals surface area contributed by atoms with Crippen LogP contribution in [0.15, 0.2) is 30.3 Å². The van der Waals surface area contributed by atoms with Crippen LogP contribution < -0.4 is 5.32 Å². The van der Waals surface area contributed by atoms with Gasteiger partial charge in [-0.15, -0.1) is 0 Å². The molecule has 0 spiro atoms. The zero-order valence-electron chi connectivity index (χ0n) is 18.1. The molecule has 2 aromatic rings. The zero-order chi connectivity index (χ0) is 21.3. The first-order valence-corrected chi connectivity index (χ1v) is 10.5. The summed E-state index contributed by atoms with van der Waals surface area (Å²) in [7, 11) is 0. The van der Waals surface area contributed by atoms with E-state index in [1.165, 1.54) is 0 Å². The summed E-state index contributed by atoms with van der Waals surface area (Å²) in [5.74, 6) is -1.13. The van der Waals surface area contributed by atoms with Crippen LogP contribution in [0.3, 0.4) is 0 Å². The van der Waals surface area contributed by atoms with Gasteiger partial charge in [-0.3, -0.25) is 4.79 Å². The lowest BCUT2D eigenvalue weighted by Gasteiger charge is -2.35. The highest BCUT2D eigenvalue weighted by molar-refractivity contribution is 6.00. The van der Waals surface area contributed by atoms with Crippen molar-refractivity contribution in [1.29, 1.82) is 0 Å². The molecule has 1 aromatic heterocycles. The molecule has 1 aliphatic rings. The molecule has 6 nitrogen and oxygen atoms in total. The molecule has 1 saturated heterocycles. The van der Waals surface area contributed by atoms with Gasteiger partial charge >= 0.3 is 5.97 Å². The van der Waals surface area contributed by atoms with Crippen molar-refractivity contribution in [2.45, 2.75) is 65.6 Å². The van der Waals surface area contributed by atoms with Crippen LogP contribution in [0.1, 0.15) is 64.0 Å². The fourth-order valence-electron chi connectivity index (χ4n) is 4.32. The Balaban J connectivity index is 1.93. The average Bonchev–Trinajstić information content (AvgIpc) is 3.00. The van der Waals surface area contributed by atoms with Gasteiger partial charge in [-0.2, -0.15) is 0 Å². The number of hydrogen-bond donors (Lipinski definition) is 2. The number of nitrogens with one attached hydrogen (secondary N) is 1. The molecule has 0 bridgehead atoms. The van der Waals surface area contributed by atoms with Gasteiger partial charge in [-0.1, -0.05) is 39.0 Å². The van der Waals surface area contributed by atoms with Gasteiger partial charge in [0.1, 0.15) is 11.7 Å². The number of carbonyl (C=O) groups excluding carboxylic acids is 1. The second-order valence-corrected chi connectivity index (χ2v) is 9.44. The second-order valence-electron chi connectivity index (χ2n) is 9.44. The Morgan fingerprint density at radius 3 is 2.31 bits per heavy atom.